The van der Waals surface area contributed by atoms with E-state index >= 15 is 0 Å². The Morgan fingerprint density at radius 3 is 2.76 bits per heavy atom. The van der Waals surface area contributed by atoms with Gasteiger partial charge in [-0.1, -0.05) is 6.07 Å². The van der Waals surface area contributed by atoms with Gasteiger partial charge in [0.05, 0.1) is 20.3 Å². The summed E-state index contributed by atoms with van der Waals surface area (Å²) in [5.74, 6) is 2.31. The van der Waals surface area contributed by atoms with E-state index in [-0.39, 0.29) is 6.79 Å². The Hall–Kier alpha value is -2.40. The lowest BCUT2D eigenvalue weighted by Crippen LogP contribution is -1.99. The number of hydrogen-bond donors (Lipinski definition) is 1. The molecule has 5 heteroatoms. The molecule has 2 N–H and O–H groups in total. The number of benzene rings is 2. The van der Waals surface area contributed by atoms with Gasteiger partial charge in [0.2, 0.25) is 6.79 Å². The highest BCUT2D eigenvalue weighted by molar-refractivity contribution is 5.47. The maximum Gasteiger partial charge on any atom is 0.231 e. The first-order chi connectivity index (χ1) is 10.3. The van der Waals surface area contributed by atoms with Crippen LogP contribution in [0.5, 0.6) is 17.2 Å². The molecule has 2 aromatic carbocycles. The number of ether oxygens (including phenoxy) is 4. The molecule has 5 nitrogen and oxygen atoms in total. The van der Waals surface area contributed by atoms with E-state index in [2.05, 4.69) is 0 Å². The molecule has 0 aromatic heterocycles. The molecule has 3 rings (SSSR count). The van der Waals surface area contributed by atoms with Crippen LogP contribution in [0.25, 0.3) is 0 Å². The summed E-state index contributed by atoms with van der Waals surface area (Å²) in [6.07, 6.45) is 0. The molecule has 0 spiro atoms. The van der Waals surface area contributed by atoms with Crippen molar-refractivity contribution in [3.05, 3.63) is 47.5 Å². The van der Waals surface area contributed by atoms with Gasteiger partial charge < -0.3 is 24.7 Å². The molecular formula is C16H17NO4. The van der Waals surface area contributed by atoms with Crippen molar-refractivity contribution < 1.29 is 18.9 Å². The third-order valence-electron chi connectivity index (χ3n) is 3.27. The Kier molecular flexibility index (Phi) is 3.83. The van der Waals surface area contributed by atoms with Crippen LogP contribution in [0, 0.1) is 0 Å². The minimum Gasteiger partial charge on any atom is -0.496 e. The molecule has 0 aliphatic carbocycles. The van der Waals surface area contributed by atoms with E-state index in [9.17, 15) is 0 Å². The topological polar surface area (TPSA) is 62.9 Å². The summed E-state index contributed by atoms with van der Waals surface area (Å²) >= 11 is 0. The van der Waals surface area contributed by atoms with Crippen molar-refractivity contribution >= 4 is 5.69 Å². The average molecular weight is 287 g/mol. The largest absolute Gasteiger partial charge is 0.496 e. The van der Waals surface area contributed by atoms with Crippen LogP contribution in [-0.4, -0.2) is 13.9 Å². The van der Waals surface area contributed by atoms with E-state index in [1.807, 2.05) is 30.3 Å². The van der Waals surface area contributed by atoms with Crippen molar-refractivity contribution in [1.29, 1.82) is 0 Å². The normalized spacial score (nSPS) is 12.4. The van der Waals surface area contributed by atoms with Crippen molar-refractivity contribution in [3.63, 3.8) is 0 Å². The van der Waals surface area contributed by atoms with E-state index in [1.54, 1.807) is 13.2 Å². The first-order valence-electron chi connectivity index (χ1n) is 6.65. The first-order valence-corrected chi connectivity index (χ1v) is 6.65. The van der Waals surface area contributed by atoms with Crippen LogP contribution < -0.4 is 19.9 Å². The Morgan fingerprint density at radius 1 is 1.05 bits per heavy atom. The zero-order valence-electron chi connectivity index (χ0n) is 11.8. The fourth-order valence-corrected chi connectivity index (χ4v) is 2.22. The highest BCUT2D eigenvalue weighted by atomic mass is 16.7. The lowest BCUT2D eigenvalue weighted by molar-refractivity contribution is 0.105. The summed E-state index contributed by atoms with van der Waals surface area (Å²) in [5, 5.41) is 0. The van der Waals surface area contributed by atoms with Crippen LogP contribution in [0.3, 0.4) is 0 Å². The second-order valence-electron chi connectivity index (χ2n) is 4.75. The molecule has 0 bridgehead atoms. The first kappa shape index (κ1) is 13.6. The van der Waals surface area contributed by atoms with Gasteiger partial charge in [0, 0.05) is 11.3 Å². The molecule has 1 aliphatic heterocycles. The van der Waals surface area contributed by atoms with Crippen LogP contribution in [-0.2, 0) is 18.0 Å². The summed E-state index contributed by atoms with van der Waals surface area (Å²) in [4.78, 5) is 0. The van der Waals surface area contributed by atoms with Gasteiger partial charge in [-0.15, -0.1) is 0 Å². The Bertz CT molecular complexity index is 642. The van der Waals surface area contributed by atoms with Gasteiger partial charge in [0.1, 0.15) is 5.75 Å². The zero-order chi connectivity index (χ0) is 14.7. The minimum atomic E-state index is 0.278. The summed E-state index contributed by atoms with van der Waals surface area (Å²) in [7, 11) is 1.63. The van der Waals surface area contributed by atoms with E-state index in [0.29, 0.717) is 18.9 Å². The highest BCUT2D eigenvalue weighted by Gasteiger charge is 2.13. The fourth-order valence-electron chi connectivity index (χ4n) is 2.22. The molecule has 0 fully saturated rings. The van der Waals surface area contributed by atoms with Crippen LogP contribution >= 0.6 is 0 Å². The number of hydrogen-bond acceptors (Lipinski definition) is 5. The highest BCUT2D eigenvalue weighted by Crippen LogP contribution is 2.32. The number of rotatable bonds is 5. The summed E-state index contributed by atoms with van der Waals surface area (Å²) in [5.41, 5.74) is 8.44. The van der Waals surface area contributed by atoms with Gasteiger partial charge in [-0.3, -0.25) is 0 Å². The smallest absolute Gasteiger partial charge is 0.231 e. The maximum absolute atomic E-state index is 5.78. The molecule has 110 valence electrons. The fraction of sp³-hybridized carbons (Fsp3) is 0.250. The van der Waals surface area contributed by atoms with Gasteiger partial charge in [0.25, 0.3) is 0 Å². The molecule has 0 saturated heterocycles. The van der Waals surface area contributed by atoms with Gasteiger partial charge in [0.15, 0.2) is 11.5 Å². The lowest BCUT2D eigenvalue weighted by Gasteiger charge is -2.10. The molecule has 0 unspecified atom stereocenters. The molecule has 21 heavy (non-hydrogen) atoms. The number of fused-ring (bicyclic) bond motifs is 1. The number of nitrogens with two attached hydrogens (primary N) is 1. The van der Waals surface area contributed by atoms with Crippen molar-refractivity contribution in [1.82, 2.24) is 0 Å². The summed E-state index contributed by atoms with van der Waals surface area (Å²) in [6.45, 7) is 1.19. The van der Waals surface area contributed by atoms with Crippen molar-refractivity contribution in [2.45, 2.75) is 13.2 Å². The zero-order valence-corrected chi connectivity index (χ0v) is 11.8. The number of nitrogen functional groups attached to an aromatic ring is 1. The van der Waals surface area contributed by atoms with Gasteiger partial charge >= 0.3 is 0 Å². The van der Waals surface area contributed by atoms with Crippen molar-refractivity contribution in [3.8, 4) is 17.2 Å². The third-order valence-corrected chi connectivity index (χ3v) is 3.27. The molecule has 0 radical (unpaired) electrons. The van der Waals surface area contributed by atoms with Crippen LogP contribution in [0.1, 0.15) is 11.1 Å². The second kappa shape index (κ2) is 5.93. The van der Waals surface area contributed by atoms with E-state index < -0.39 is 0 Å². The molecule has 2 aromatic rings. The number of methoxy groups -OCH3 is 1. The van der Waals surface area contributed by atoms with Crippen LogP contribution in [0.2, 0.25) is 0 Å². The molecule has 0 saturated carbocycles. The van der Waals surface area contributed by atoms with Crippen LogP contribution in [0.4, 0.5) is 5.69 Å². The monoisotopic (exact) mass is 287 g/mol. The summed E-state index contributed by atoms with van der Waals surface area (Å²) < 4.78 is 21.6. The van der Waals surface area contributed by atoms with Gasteiger partial charge in [-0.2, -0.15) is 0 Å². The quantitative estimate of drug-likeness (QED) is 0.857. The SMILES string of the molecule is COc1ccc(N)cc1COCc1ccc2c(c1)OCO2. The predicted octanol–water partition coefficient (Wildman–Crippen LogP) is 2.72. The van der Waals surface area contributed by atoms with E-state index in [4.69, 9.17) is 24.7 Å². The van der Waals surface area contributed by atoms with E-state index in [0.717, 1.165) is 28.4 Å². The second-order valence-corrected chi connectivity index (χ2v) is 4.75. The van der Waals surface area contributed by atoms with Gasteiger partial charge in [-0.25, -0.2) is 0 Å². The maximum atomic E-state index is 5.78. The Balaban J connectivity index is 1.62. The predicted molar refractivity (Wildman–Crippen MR) is 78.5 cm³/mol. The Labute approximate surface area is 123 Å². The third kappa shape index (κ3) is 3.03. The lowest BCUT2D eigenvalue weighted by atomic mass is 10.2. The Morgan fingerprint density at radius 2 is 1.90 bits per heavy atom. The minimum absolute atomic E-state index is 0.278. The van der Waals surface area contributed by atoms with Crippen LogP contribution in [0.15, 0.2) is 36.4 Å². The molecule has 0 amide bonds. The molecule has 1 aliphatic rings. The average Bonchev–Trinajstić information content (AvgIpc) is 2.95. The van der Waals surface area contributed by atoms with Crippen molar-refractivity contribution in [2.75, 3.05) is 19.6 Å². The molecule has 1 heterocycles. The van der Waals surface area contributed by atoms with E-state index in [1.165, 1.54) is 0 Å². The number of anilines is 1. The standard InChI is InChI=1S/C16H17NO4/c1-18-14-5-3-13(17)7-12(14)9-19-8-11-2-4-15-16(6-11)21-10-20-15/h2-7H,8-10,17H2,1H3. The summed E-state index contributed by atoms with van der Waals surface area (Å²) in [6, 6.07) is 11.3. The van der Waals surface area contributed by atoms with Gasteiger partial charge in [-0.05, 0) is 35.9 Å². The molecular weight excluding hydrogens is 270 g/mol. The molecule has 0 atom stereocenters. The van der Waals surface area contributed by atoms with Crippen molar-refractivity contribution in [2.24, 2.45) is 0 Å².